The summed E-state index contributed by atoms with van der Waals surface area (Å²) in [5.41, 5.74) is 1.09. The van der Waals surface area contributed by atoms with Gasteiger partial charge in [0.2, 0.25) is 0 Å². The number of rotatable bonds is 4. The predicted octanol–water partition coefficient (Wildman–Crippen LogP) is 0.684. The second kappa shape index (κ2) is 7.83. The molecule has 1 unspecified atom stereocenters. The van der Waals surface area contributed by atoms with Crippen LogP contribution in [0.1, 0.15) is 27.1 Å². The average molecular weight is 365 g/mol. The molecular weight excluding hydrogens is 340 g/mol. The van der Waals surface area contributed by atoms with Gasteiger partial charge in [-0.05, 0) is 25.1 Å². The van der Waals surface area contributed by atoms with Crippen molar-refractivity contribution in [3.63, 3.8) is 0 Å². The van der Waals surface area contributed by atoms with Crippen LogP contribution in [0.4, 0.5) is 0 Å². The van der Waals surface area contributed by atoms with Crippen LogP contribution >= 0.6 is 12.4 Å². The number of nitrogens with zero attached hydrogens (tertiary/aromatic N) is 3. The SMILES string of the molecule is Cl.O=C1c2ccccc2C(=O)N1CCN1CCC(N2CCNCC2)C1. The number of amides is 2. The number of piperazine rings is 1. The lowest BCUT2D eigenvalue weighted by Gasteiger charge is -2.32. The van der Waals surface area contributed by atoms with Gasteiger partial charge in [0, 0.05) is 51.9 Å². The van der Waals surface area contributed by atoms with E-state index in [-0.39, 0.29) is 24.2 Å². The molecule has 0 bridgehead atoms. The molecule has 25 heavy (non-hydrogen) atoms. The highest BCUT2D eigenvalue weighted by Gasteiger charge is 2.36. The Morgan fingerprint density at radius 3 is 2.24 bits per heavy atom. The van der Waals surface area contributed by atoms with E-state index in [0.717, 1.165) is 45.8 Å². The van der Waals surface area contributed by atoms with Gasteiger partial charge in [0.15, 0.2) is 0 Å². The van der Waals surface area contributed by atoms with E-state index in [1.807, 2.05) is 12.1 Å². The summed E-state index contributed by atoms with van der Waals surface area (Å²) in [5, 5.41) is 3.39. The molecule has 1 aromatic carbocycles. The lowest BCUT2D eigenvalue weighted by Crippen LogP contribution is -2.49. The maximum absolute atomic E-state index is 12.4. The standard InChI is InChI=1S/C18H24N4O2.ClH/c23-17-15-3-1-2-4-16(15)18(24)22(17)12-11-20-8-5-14(13-20)21-9-6-19-7-10-21;/h1-4,14,19H,5-13H2;1H. The molecule has 0 saturated carbocycles. The molecule has 6 nitrogen and oxygen atoms in total. The second-order valence-corrected chi connectivity index (χ2v) is 6.84. The molecule has 136 valence electrons. The summed E-state index contributed by atoms with van der Waals surface area (Å²) in [6.07, 6.45) is 1.18. The first-order valence-corrected chi connectivity index (χ1v) is 8.86. The van der Waals surface area contributed by atoms with Crippen molar-refractivity contribution in [2.24, 2.45) is 0 Å². The number of fused-ring (bicyclic) bond motifs is 1. The number of carbonyl (C=O) groups excluding carboxylic acids is 2. The fourth-order valence-corrected chi connectivity index (χ4v) is 4.04. The molecule has 3 heterocycles. The number of hydrogen-bond donors (Lipinski definition) is 1. The molecule has 3 aliphatic rings. The van der Waals surface area contributed by atoms with Crippen LogP contribution in [0.5, 0.6) is 0 Å². The van der Waals surface area contributed by atoms with E-state index >= 15 is 0 Å². The molecule has 1 aromatic rings. The molecule has 1 atom stereocenters. The Morgan fingerprint density at radius 2 is 1.60 bits per heavy atom. The largest absolute Gasteiger partial charge is 0.314 e. The smallest absolute Gasteiger partial charge is 0.261 e. The maximum atomic E-state index is 12.4. The van der Waals surface area contributed by atoms with E-state index in [0.29, 0.717) is 23.7 Å². The van der Waals surface area contributed by atoms with Crippen LogP contribution in [0.15, 0.2) is 24.3 Å². The summed E-state index contributed by atoms with van der Waals surface area (Å²) in [5.74, 6) is -0.290. The quantitative estimate of drug-likeness (QED) is 0.796. The molecule has 4 rings (SSSR count). The number of benzene rings is 1. The first-order valence-electron chi connectivity index (χ1n) is 8.86. The topological polar surface area (TPSA) is 55.9 Å². The van der Waals surface area contributed by atoms with E-state index in [2.05, 4.69) is 15.1 Å². The Kier molecular flexibility index (Phi) is 5.74. The zero-order valence-electron chi connectivity index (χ0n) is 14.3. The minimum Gasteiger partial charge on any atom is -0.314 e. The van der Waals surface area contributed by atoms with E-state index in [1.165, 1.54) is 11.3 Å². The Morgan fingerprint density at radius 1 is 0.960 bits per heavy atom. The van der Waals surface area contributed by atoms with Crippen molar-refractivity contribution in [2.75, 3.05) is 52.4 Å². The molecule has 0 radical (unpaired) electrons. The molecule has 0 aliphatic carbocycles. The number of likely N-dealkylation sites (tertiary alicyclic amines) is 1. The zero-order chi connectivity index (χ0) is 16.5. The van der Waals surface area contributed by atoms with Gasteiger partial charge in [0.05, 0.1) is 11.1 Å². The Labute approximate surface area is 154 Å². The Balaban J connectivity index is 0.00000182. The van der Waals surface area contributed by atoms with Crippen LogP contribution in [-0.4, -0.2) is 84.9 Å². The number of hydrogen-bond acceptors (Lipinski definition) is 5. The summed E-state index contributed by atoms with van der Waals surface area (Å²) < 4.78 is 0. The Bertz CT molecular complexity index is 613. The molecule has 0 spiro atoms. The van der Waals surface area contributed by atoms with Gasteiger partial charge in [-0.1, -0.05) is 12.1 Å². The van der Waals surface area contributed by atoms with Crippen LogP contribution in [0.25, 0.3) is 0 Å². The van der Waals surface area contributed by atoms with Gasteiger partial charge < -0.3 is 5.32 Å². The van der Waals surface area contributed by atoms with Crippen LogP contribution in [0, 0.1) is 0 Å². The summed E-state index contributed by atoms with van der Waals surface area (Å²) >= 11 is 0. The van der Waals surface area contributed by atoms with Gasteiger partial charge in [0.1, 0.15) is 0 Å². The third kappa shape index (κ3) is 3.58. The summed E-state index contributed by atoms with van der Waals surface area (Å²) in [6.45, 7) is 7.75. The van der Waals surface area contributed by atoms with Crippen LogP contribution in [-0.2, 0) is 0 Å². The van der Waals surface area contributed by atoms with Gasteiger partial charge >= 0.3 is 0 Å². The third-order valence-corrected chi connectivity index (χ3v) is 5.43. The van der Waals surface area contributed by atoms with Crippen LogP contribution in [0.2, 0.25) is 0 Å². The Hall–Kier alpha value is -1.47. The summed E-state index contributed by atoms with van der Waals surface area (Å²) in [7, 11) is 0. The molecule has 2 amide bonds. The van der Waals surface area contributed by atoms with Gasteiger partial charge in [-0.3, -0.25) is 24.3 Å². The lowest BCUT2D eigenvalue weighted by molar-refractivity contribution is 0.0639. The second-order valence-electron chi connectivity index (χ2n) is 6.84. The molecule has 0 aromatic heterocycles. The monoisotopic (exact) mass is 364 g/mol. The maximum Gasteiger partial charge on any atom is 0.261 e. The fourth-order valence-electron chi connectivity index (χ4n) is 4.04. The molecule has 2 saturated heterocycles. The van der Waals surface area contributed by atoms with Crippen molar-refractivity contribution >= 4 is 24.2 Å². The highest BCUT2D eigenvalue weighted by atomic mass is 35.5. The van der Waals surface area contributed by atoms with E-state index in [9.17, 15) is 9.59 Å². The number of carbonyl (C=O) groups is 2. The predicted molar refractivity (Wildman–Crippen MR) is 98.3 cm³/mol. The van der Waals surface area contributed by atoms with Gasteiger partial charge in [0.25, 0.3) is 11.8 Å². The van der Waals surface area contributed by atoms with Crippen LogP contribution in [0.3, 0.4) is 0 Å². The lowest BCUT2D eigenvalue weighted by atomic mass is 10.1. The molecule has 7 heteroatoms. The number of halogens is 1. The van der Waals surface area contributed by atoms with Crippen molar-refractivity contribution in [1.29, 1.82) is 0 Å². The zero-order valence-corrected chi connectivity index (χ0v) is 15.1. The first kappa shape index (κ1) is 18.3. The van der Waals surface area contributed by atoms with Gasteiger partial charge in [-0.25, -0.2) is 0 Å². The van der Waals surface area contributed by atoms with Crippen molar-refractivity contribution in [2.45, 2.75) is 12.5 Å². The average Bonchev–Trinajstić information content (AvgIpc) is 3.19. The van der Waals surface area contributed by atoms with Gasteiger partial charge in [-0.2, -0.15) is 0 Å². The summed E-state index contributed by atoms with van der Waals surface area (Å²) in [6, 6.07) is 7.73. The molecule has 1 N–H and O–H groups in total. The fraction of sp³-hybridized carbons (Fsp3) is 0.556. The highest BCUT2D eigenvalue weighted by Crippen LogP contribution is 2.23. The molecule has 3 aliphatic heterocycles. The summed E-state index contributed by atoms with van der Waals surface area (Å²) in [4.78, 5) is 31.1. The van der Waals surface area contributed by atoms with Crippen molar-refractivity contribution in [3.8, 4) is 0 Å². The van der Waals surface area contributed by atoms with E-state index in [1.54, 1.807) is 12.1 Å². The molecular formula is C18H25ClN4O2. The third-order valence-electron chi connectivity index (χ3n) is 5.43. The van der Waals surface area contributed by atoms with Crippen molar-refractivity contribution in [3.05, 3.63) is 35.4 Å². The number of imide groups is 1. The van der Waals surface area contributed by atoms with E-state index < -0.39 is 0 Å². The minimum atomic E-state index is -0.145. The van der Waals surface area contributed by atoms with Crippen LogP contribution < -0.4 is 5.32 Å². The highest BCUT2D eigenvalue weighted by molar-refractivity contribution is 6.21. The first-order chi connectivity index (χ1) is 11.7. The number of nitrogens with one attached hydrogen (secondary N) is 1. The van der Waals surface area contributed by atoms with Gasteiger partial charge in [-0.15, -0.1) is 12.4 Å². The van der Waals surface area contributed by atoms with Crippen molar-refractivity contribution < 1.29 is 9.59 Å². The molecule has 2 fully saturated rings. The van der Waals surface area contributed by atoms with E-state index in [4.69, 9.17) is 0 Å². The minimum absolute atomic E-state index is 0. The van der Waals surface area contributed by atoms with Crippen molar-refractivity contribution in [1.82, 2.24) is 20.0 Å². The normalized spacial score (nSPS) is 24.5.